The number of hydrogen-bond donors (Lipinski definition) is 0. The zero-order valence-corrected chi connectivity index (χ0v) is 14.5. The van der Waals surface area contributed by atoms with Gasteiger partial charge in [0.2, 0.25) is 0 Å². The van der Waals surface area contributed by atoms with E-state index >= 15 is 0 Å². The predicted octanol–water partition coefficient (Wildman–Crippen LogP) is 0.563. The highest BCUT2D eigenvalue weighted by Gasteiger charge is 2.28. The molecule has 6 nitrogen and oxygen atoms in total. The van der Waals surface area contributed by atoms with E-state index in [9.17, 15) is 13.2 Å². The predicted molar refractivity (Wildman–Crippen MR) is 88.9 cm³/mol. The van der Waals surface area contributed by atoms with Crippen LogP contribution in [0.3, 0.4) is 0 Å². The molecule has 0 saturated carbocycles. The second-order valence-electron chi connectivity index (χ2n) is 5.82. The molecular formula is C16H24N2O4S. The van der Waals surface area contributed by atoms with E-state index in [-0.39, 0.29) is 11.7 Å². The largest absolute Gasteiger partial charge is 0.367 e. The van der Waals surface area contributed by atoms with Crippen molar-refractivity contribution in [1.82, 2.24) is 9.80 Å². The lowest BCUT2D eigenvalue weighted by Gasteiger charge is -2.36. The van der Waals surface area contributed by atoms with E-state index in [0.29, 0.717) is 32.7 Å². The van der Waals surface area contributed by atoms with Crippen molar-refractivity contribution in [3.05, 3.63) is 35.9 Å². The lowest BCUT2D eigenvalue weighted by Crippen LogP contribution is -2.50. The topological polar surface area (TPSA) is 66.9 Å². The summed E-state index contributed by atoms with van der Waals surface area (Å²) >= 11 is 0. The van der Waals surface area contributed by atoms with Crippen LogP contribution in [0.1, 0.15) is 11.7 Å². The molecule has 1 aliphatic heterocycles. The first-order valence-corrected chi connectivity index (χ1v) is 9.73. The molecule has 1 atom stereocenters. The van der Waals surface area contributed by atoms with E-state index in [2.05, 4.69) is 4.90 Å². The van der Waals surface area contributed by atoms with E-state index in [0.717, 1.165) is 5.56 Å². The van der Waals surface area contributed by atoms with Crippen LogP contribution in [0.4, 0.5) is 0 Å². The van der Waals surface area contributed by atoms with Crippen LogP contribution in [0, 0.1) is 0 Å². The number of carbonyl (C=O) groups excluding carboxylic acids is 1. The van der Waals surface area contributed by atoms with Gasteiger partial charge in [-0.3, -0.25) is 9.69 Å². The molecule has 0 radical (unpaired) electrons. The van der Waals surface area contributed by atoms with Gasteiger partial charge in [0.1, 0.15) is 9.84 Å². The summed E-state index contributed by atoms with van der Waals surface area (Å²) < 4.78 is 27.8. The molecule has 1 heterocycles. The molecule has 1 aliphatic rings. The summed E-state index contributed by atoms with van der Waals surface area (Å²) in [7, 11) is -1.41. The molecule has 128 valence electrons. The number of piperazine rings is 1. The smallest absolute Gasteiger partial charge is 0.256 e. The molecule has 2 rings (SSSR count). The van der Waals surface area contributed by atoms with E-state index < -0.39 is 15.9 Å². The maximum absolute atomic E-state index is 12.6. The van der Waals surface area contributed by atoms with E-state index in [1.54, 1.807) is 4.90 Å². The Labute approximate surface area is 137 Å². The van der Waals surface area contributed by atoms with Gasteiger partial charge in [-0.1, -0.05) is 30.3 Å². The molecule has 0 unspecified atom stereocenters. The monoisotopic (exact) mass is 340 g/mol. The van der Waals surface area contributed by atoms with Crippen molar-refractivity contribution in [2.75, 3.05) is 51.8 Å². The van der Waals surface area contributed by atoms with Gasteiger partial charge in [0.05, 0.1) is 5.75 Å². The number of benzene rings is 1. The second kappa shape index (κ2) is 7.90. The minimum absolute atomic E-state index is 0.0403. The van der Waals surface area contributed by atoms with E-state index in [1.165, 1.54) is 13.4 Å². The van der Waals surface area contributed by atoms with Gasteiger partial charge >= 0.3 is 0 Å². The first-order chi connectivity index (χ1) is 10.9. The van der Waals surface area contributed by atoms with Crippen molar-refractivity contribution in [3.8, 4) is 0 Å². The number of methoxy groups -OCH3 is 1. The maximum Gasteiger partial charge on any atom is 0.256 e. The summed E-state index contributed by atoms with van der Waals surface area (Å²) in [4.78, 5) is 16.5. The van der Waals surface area contributed by atoms with Gasteiger partial charge in [0, 0.05) is 46.1 Å². The molecule has 1 aromatic carbocycles. The standard InChI is InChI=1S/C16H24N2O4S/c1-22-15(14-6-4-3-5-7-14)16(19)18-10-8-17(9-11-18)12-13-23(2,20)21/h3-7,15H,8-13H2,1-2H3/t15-/m0/s1. The Hall–Kier alpha value is -1.44. The molecule has 1 aromatic rings. The van der Waals surface area contributed by atoms with Crippen LogP contribution in [0.25, 0.3) is 0 Å². The van der Waals surface area contributed by atoms with Gasteiger partial charge in [-0.2, -0.15) is 0 Å². The molecule has 0 bridgehead atoms. The summed E-state index contributed by atoms with van der Waals surface area (Å²) in [6.45, 7) is 3.08. The summed E-state index contributed by atoms with van der Waals surface area (Å²) in [5, 5.41) is 0. The van der Waals surface area contributed by atoms with Crippen LogP contribution in [0.15, 0.2) is 30.3 Å². The highest BCUT2D eigenvalue weighted by atomic mass is 32.2. The van der Waals surface area contributed by atoms with Crippen LogP contribution in [-0.2, 0) is 19.4 Å². The third-order valence-corrected chi connectivity index (χ3v) is 4.95. The first kappa shape index (κ1) is 17.9. The van der Waals surface area contributed by atoms with Crippen molar-refractivity contribution in [1.29, 1.82) is 0 Å². The van der Waals surface area contributed by atoms with Gasteiger partial charge < -0.3 is 9.64 Å². The van der Waals surface area contributed by atoms with Crippen molar-refractivity contribution in [2.45, 2.75) is 6.10 Å². The van der Waals surface area contributed by atoms with Crippen LogP contribution >= 0.6 is 0 Å². The molecule has 23 heavy (non-hydrogen) atoms. The zero-order chi connectivity index (χ0) is 16.9. The van der Waals surface area contributed by atoms with Crippen LogP contribution in [0.5, 0.6) is 0 Å². The van der Waals surface area contributed by atoms with Crippen molar-refractivity contribution < 1.29 is 17.9 Å². The molecule has 7 heteroatoms. The normalized spacial score (nSPS) is 17.9. The Morgan fingerprint density at radius 3 is 2.30 bits per heavy atom. The lowest BCUT2D eigenvalue weighted by molar-refractivity contribution is -0.144. The Morgan fingerprint density at radius 1 is 1.17 bits per heavy atom. The Kier molecular flexibility index (Phi) is 6.15. The summed E-state index contributed by atoms with van der Waals surface area (Å²) in [6.07, 6.45) is 0.661. The fraction of sp³-hybridized carbons (Fsp3) is 0.562. The molecule has 0 N–H and O–H groups in total. The minimum Gasteiger partial charge on any atom is -0.367 e. The van der Waals surface area contributed by atoms with Gasteiger partial charge in [0.15, 0.2) is 6.10 Å². The molecule has 0 aliphatic carbocycles. The molecular weight excluding hydrogens is 316 g/mol. The van der Waals surface area contributed by atoms with Crippen LogP contribution in [-0.4, -0.2) is 76.0 Å². The fourth-order valence-corrected chi connectivity index (χ4v) is 3.25. The number of ether oxygens (including phenoxy) is 1. The van der Waals surface area contributed by atoms with Gasteiger partial charge in [-0.15, -0.1) is 0 Å². The maximum atomic E-state index is 12.6. The summed E-state index contributed by atoms with van der Waals surface area (Å²) in [5.74, 6) is 0.118. The number of hydrogen-bond acceptors (Lipinski definition) is 5. The quantitative estimate of drug-likeness (QED) is 0.757. The number of sulfone groups is 1. The number of nitrogens with zero attached hydrogens (tertiary/aromatic N) is 2. The molecule has 0 spiro atoms. The van der Waals surface area contributed by atoms with Crippen molar-refractivity contribution in [2.24, 2.45) is 0 Å². The van der Waals surface area contributed by atoms with Crippen molar-refractivity contribution in [3.63, 3.8) is 0 Å². The Bertz CT molecular complexity index is 610. The highest BCUT2D eigenvalue weighted by Crippen LogP contribution is 2.20. The number of carbonyl (C=O) groups is 1. The number of amides is 1. The minimum atomic E-state index is -2.95. The average Bonchev–Trinajstić information content (AvgIpc) is 2.54. The van der Waals surface area contributed by atoms with Gasteiger partial charge in [0.25, 0.3) is 5.91 Å². The Morgan fingerprint density at radius 2 is 1.78 bits per heavy atom. The second-order valence-corrected chi connectivity index (χ2v) is 8.08. The number of rotatable bonds is 6. The lowest BCUT2D eigenvalue weighted by atomic mass is 10.1. The van der Waals surface area contributed by atoms with Gasteiger partial charge in [-0.05, 0) is 5.56 Å². The van der Waals surface area contributed by atoms with Crippen molar-refractivity contribution >= 4 is 15.7 Å². The van der Waals surface area contributed by atoms with E-state index in [4.69, 9.17) is 4.74 Å². The van der Waals surface area contributed by atoms with Gasteiger partial charge in [-0.25, -0.2) is 8.42 Å². The molecule has 1 fully saturated rings. The van der Waals surface area contributed by atoms with Crippen LogP contribution in [0.2, 0.25) is 0 Å². The summed E-state index contributed by atoms with van der Waals surface area (Å²) in [5.41, 5.74) is 0.847. The Balaban J connectivity index is 1.90. The third-order valence-electron chi connectivity index (χ3n) is 4.02. The molecule has 0 aromatic heterocycles. The SMILES string of the molecule is CO[C@H](C(=O)N1CCN(CCS(C)(=O)=O)CC1)c1ccccc1. The zero-order valence-electron chi connectivity index (χ0n) is 13.6. The van der Waals surface area contributed by atoms with E-state index in [1.807, 2.05) is 30.3 Å². The highest BCUT2D eigenvalue weighted by molar-refractivity contribution is 7.90. The van der Waals surface area contributed by atoms with Crippen LogP contribution < -0.4 is 0 Å². The summed E-state index contributed by atoms with van der Waals surface area (Å²) in [6, 6.07) is 9.44. The molecule has 1 amide bonds. The third kappa shape index (κ3) is 5.30. The first-order valence-electron chi connectivity index (χ1n) is 7.67. The fourth-order valence-electron chi connectivity index (χ4n) is 2.66. The average molecular weight is 340 g/mol. The molecule has 1 saturated heterocycles.